The number of primary amides is 1. The zero-order valence-electron chi connectivity index (χ0n) is 11.5. The molecule has 0 heterocycles. The van der Waals surface area contributed by atoms with Crippen LogP contribution < -0.4 is 10.8 Å². The summed E-state index contributed by atoms with van der Waals surface area (Å²) in [7, 11) is -3.84. The highest BCUT2D eigenvalue weighted by molar-refractivity contribution is 7.51. The summed E-state index contributed by atoms with van der Waals surface area (Å²) in [6.07, 6.45) is -1.40. The average molecular weight is 296 g/mol. The number of nitrogens with two attached hydrogens (primary N) is 1. The number of carbonyl (C=O) groups is 2. The van der Waals surface area contributed by atoms with E-state index in [4.69, 9.17) is 19.9 Å². The lowest BCUT2D eigenvalue weighted by Gasteiger charge is -2.25. The van der Waals surface area contributed by atoms with Crippen molar-refractivity contribution < 1.29 is 28.3 Å². The van der Waals surface area contributed by atoms with Crippen LogP contribution in [0.4, 0.5) is 0 Å². The van der Waals surface area contributed by atoms with Gasteiger partial charge in [-0.1, -0.05) is 0 Å². The van der Waals surface area contributed by atoms with E-state index in [0.29, 0.717) is 0 Å². The topological polar surface area (TPSA) is 128 Å². The molecule has 1 amide bonds. The second-order valence-electron chi connectivity index (χ2n) is 4.50. The van der Waals surface area contributed by atoms with Crippen molar-refractivity contribution in [2.45, 2.75) is 52.4 Å². The Balaban J connectivity index is 4.99. The molecule has 4 N–H and O–H groups in total. The van der Waals surface area contributed by atoms with Crippen molar-refractivity contribution in [2.75, 3.05) is 0 Å². The molecule has 0 aliphatic heterocycles. The van der Waals surface area contributed by atoms with Gasteiger partial charge in [-0.05, 0) is 27.7 Å². The number of carboxylic acid groups (broad SMARTS) is 1. The number of carboxylic acids is 1. The predicted octanol–water partition coefficient (Wildman–Crippen LogP) is 0.863. The minimum Gasteiger partial charge on any atom is -0.480 e. The molecule has 0 fully saturated rings. The smallest absolute Gasteiger partial charge is 0.406 e. The van der Waals surface area contributed by atoms with Crippen molar-refractivity contribution >= 4 is 19.6 Å². The molecular weight excluding hydrogens is 275 g/mol. The number of hydrogen-bond donors (Lipinski definition) is 3. The van der Waals surface area contributed by atoms with Crippen LogP contribution in [0, 0.1) is 0 Å². The molecule has 0 spiro atoms. The van der Waals surface area contributed by atoms with E-state index in [1.807, 2.05) is 0 Å². The molecule has 0 aliphatic carbocycles. The van der Waals surface area contributed by atoms with E-state index in [2.05, 4.69) is 5.09 Å². The van der Waals surface area contributed by atoms with Crippen molar-refractivity contribution in [1.29, 1.82) is 0 Å². The largest absolute Gasteiger partial charge is 0.480 e. The van der Waals surface area contributed by atoms with Crippen LogP contribution in [-0.4, -0.2) is 35.2 Å². The molecule has 0 unspecified atom stereocenters. The average Bonchev–Trinajstić information content (AvgIpc) is 2.11. The lowest BCUT2D eigenvalue weighted by Crippen LogP contribution is -2.39. The summed E-state index contributed by atoms with van der Waals surface area (Å²) in [6, 6.07) is -1.43. The van der Waals surface area contributed by atoms with Crippen LogP contribution in [0.5, 0.6) is 0 Å². The summed E-state index contributed by atoms with van der Waals surface area (Å²) in [5.41, 5.74) is 4.94. The number of carbonyl (C=O) groups excluding carboxylic acids is 1. The quantitative estimate of drug-likeness (QED) is 0.538. The number of nitrogens with one attached hydrogen (secondary N) is 1. The Morgan fingerprint density at radius 3 is 1.89 bits per heavy atom. The van der Waals surface area contributed by atoms with Gasteiger partial charge in [0.05, 0.1) is 18.6 Å². The molecule has 0 bridgehead atoms. The van der Waals surface area contributed by atoms with Crippen LogP contribution in [0.2, 0.25) is 0 Å². The van der Waals surface area contributed by atoms with Gasteiger partial charge in [0.15, 0.2) is 0 Å². The van der Waals surface area contributed by atoms with Gasteiger partial charge >= 0.3 is 13.7 Å². The molecule has 0 saturated heterocycles. The Morgan fingerprint density at radius 1 is 1.21 bits per heavy atom. The Hall–Kier alpha value is -0.950. The first-order valence-corrected chi connectivity index (χ1v) is 7.35. The van der Waals surface area contributed by atoms with Gasteiger partial charge in [-0.2, -0.15) is 0 Å². The Kier molecular flexibility index (Phi) is 7.21. The summed E-state index contributed by atoms with van der Waals surface area (Å²) < 4.78 is 22.6. The minimum absolute atomic E-state index is 0.444. The van der Waals surface area contributed by atoms with E-state index in [1.54, 1.807) is 27.7 Å². The van der Waals surface area contributed by atoms with Gasteiger partial charge in [0.2, 0.25) is 5.91 Å². The molecule has 0 saturated carbocycles. The molecule has 9 heteroatoms. The number of hydrogen-bond acceptors (Lipinski definition) is 5. The lowest BCUT2D eigenvalue weighted by molar-refractivity contribution is -0.140. The lowest BCUT2D eigenvalue weighted by atomic mass is 10.2. The van der Waals surface area contributed by atoms with E-state index in [1.165, 1.54) is 0 Å². The number of amides is 1. The van der Waals surface area contributed by atoms with Crippen LogP contribution in [-0.2, 0) is 23.2 Å². The highest BCUT2D eigenvalue weighted by atomic mass is 31.2. The Morgan fingerprint density at radius 2 is 1.63 bits per heavy atom. The second kappa shape index (κ2) is 7.59. The summed E-state index contributed by atoms with van der Waals surface area (Å²) in [5.74, 6) is -2.20. The highest BCUT2D eigenvalue weighted by Gasteiger charge is 2.34. The molecule has 8 nitrogen and oxygen atoms in total. The van der Waals surface area contributed by atoms with Crippen LogP contribution in [0.15, 0.2) is 0 Å². The Bertz CT molecular complexity index is 357. The normalized spacial score (nSPS) is 13.8. The van der Waals surface area contributed by atoms with Crippen molar-refractivity contribution in [3.05, 3.63) is 0 Å². The van der Waals surface area contributed by atoms with E-state index >= 15 is 0 Å². The molecule has 0 radical (unpaired) electrons. The zero-order valence-corrected chi connectivity index (χ0v) is 12.3. The van der Waals surface area contributed by atoms with Crippen molar-refractivity contribution in [3.8, 4) is 0 Å². The summed E-state index contributed by atoms with van der Waals surface area (Å²) in [5, 5.41) is 11.2. The molecular formula is C10H21N2O6P. The first-order chi connectivity index (χ1) is 8.55. The summed E-state index contributed by atoms with van der Waals surface area (Å²) in [6.45, 7) is 6.51. The van der Waals surface area contributed by atoms with E-state index < -0.39 is 44.3 Å². The van der Waals surface area contributed by atoms with Gasteiger partial charge in [-0.25, -0.2) is 9.65 Å². The van der Waals surface area contributed by atoms with Gasteiger partial charge in [-0.3, -0.25) is 18.6 Å². The fraction of sp³-hybridized carbons (Fsp3) is 0.800. The maximum absolute atomic E-state index is 12.4. The third-order valence-corrected chi connectivity index (χ3v) is 3.74. The summed E-state index contributed by atoms with van der Waals surface area (Å²) in [4.78, 5) is 21.8. The highest BCUT2D eigenvalue weighted by Crippen LogP contribution is 2.46. The van der Waals surface area contributed by atoms with E-state index in [0.717, 1.165) is 0 Å². The third-order valence-electron chi connectivity index (χ3n) is 1.72. The first kappa shape index (κ1) is 18.0. The molecule has 19 heavy (non-hydrogen) atoms. The molecule has 0 aliphatic rings. The van der Waals surface area contributed by atoms with Gasteiger partial charge in [0.1, 0.15) is 6.04 Å². The fourth-order valence-electron chi connectivity index (χ4n) is 1.22. The second-order valence-corrected chi connectivity index (χ2v) is 6.17. The molecule has 1 atom stereocenters. The first-order valence-electron chi connectivity index (χ1n) is 5.81. The van der Waals surface area contributed by atoms with Gasteiger partial charge in [-0.15, -0.1) is 0 Å². The molecule has 0 aromatic rings. The van der Waals surface area contributed by atoms with Crippen LogP contribution >= 0.6 is 7.75 Å². The van der Waals surface area contributed by atoms with Crippen molar-refractivity contribution in [2.24, 2.45) is 5.73 Å². The fourth-order valence-corrected chi connectivity index (χ4v) is 3.09. The minimum atomic E-state index is -3.84. The monoisotopic (exact) mass is 296 g/mol. The maximum atomic E-state index is 12.4. The maximum Gasteiger partial charge on any atom is 0.406 e. The van der Waals surface area contributed by atoms with Crippen LogP contribution in [0.25, 0.3) is 0 Å². The van der Waals surface area contributed by atoms with E-state index in [-0.39, 0.29) is 0 Å². The Labute approximate surface area is 112 Å². The number of aliphatic carboxylic acids is 1. The van der Waals surface area contributed by atoms with Crippen molar-refractivity contribution in [3.63, 3.8) is 0 Å². The summed E-state index contributed by atoms with van der Waals surface area (Å²) >= 11 is 0. The SMILES string of the molecule is CC(C)OP(=O)(N[C@@H](CC(N)=O)C(=O)O)OC(C)C. The van der Waals surface area contributed by atoms with Crippen LogP contribution in [0.1, 0.15) is 34.1 Å². The molecule has 0 aromatic heterocycles. The predicted molar refractivity (Wildman–Crippen MR) is 68.4 cm³/mol. The van der Waals surface area contributed by atoms with Crippen molar-refractivity contribution in [1.82, 2.24) is 5.09 Å². The molecule has 0 rings (SSSR count). The van der Waals surface area contributed by atoms with E-state index in [9.17, 15) is 14.2 Å². The molecule has 112 valence electrons. The van der Waals surface area contributed by atoms with Gasteiger partial charge < -0.3 is 10.8 Å². The van der Waals surface area contributed by atoms with Gasteiger partial charge in [0.25, 0.3) is 0 Å². The molecule has 0 aromatic carbocycles. The standard InChI is InChI=1S/C10H21N2O6P/c1-6(2)17-19(16,18-7(3)4)12-8(10(14)15)5-9(11)13/h6-8H,5H2,1-4H3,(H2,11,13)(H,12,16)(H,14,15)/t8-/m0/s1. The van der Waals surface area contributed by atoms with Crippen LogP contribution in [0.3, 0.4) is 0 Å². The third kappa shape index (κ3) is 7.94. The number of rotatable bonds is 9. The van der Waals surface area contributed by atoms with Gasteiger partial charge in [0, 0.05) is 0 Å². The zero-order chi connectivity index (χ0) is 15.2.